The van der Waals surface area contributed by atoms with Crippen LogP contribution in [0.15, 0.2) is 66.0 Å². The average molecular weight is 271 g/mol. The minimum Gasteiger partial charge on any atom is -0.378 e. The van der Waals surface area contributed by atoms with E-state index in [1.54, 1.807) is 6.08 Å². The van der Waals surface area contributed by atoms with Crippen molar-refractivity contribution in [2.24, 2.45) is 0 Å². The molecule has 1 aromatic carbocycles. The molecule has 0 saturated heterocycles. The Bertz CT molecular complexity index is 527. The Hall–Kier alpha value is -2.09. The number of halogens is 1. The number of nitrogens with zero attached hydrogens (tertiary/aromatic N) is 1. The van der Waals surface area contributed by atoms with Gasteiger partial charge in [0.25, 0.3) is 0 Å². The van der Waals surface area contributed by atoms with Crippen molar-refractivity contribution in [3.05, 3.63) is 71.6 Å². The minimum atomic E-state index is -0.191. The summed E-state index contributed by atoms with van der Waals surface area (Å²) in [5, 5.41) is 0. The van der Waals surface area contributed by atoms with Gasteiger partial charge in [0.15, 0.2) is 0 Å². The van der Waals surface area contributed by atoms with E-state index < -0.39 is 0 Å². The zero-order valence-corrected chi connectivity index (χ0v) is 12.6. The first-order chi connectivity index (χ1) is 9.49. The van der Waals surface area contributed by atoms with Gasteiger partial charge in [0.1, 0.15) is 0 Å². The normalized spacial score (nSPS) is 13.4. The van der Waals surface area contributed by atoms with Crippen molar-refractivity contribution in [3.63, 3.8) is 0 Å². The molecule has 0 aliphatic rings. The molecular formula is C18H22FN. The summed E-state index contributed by atoms with van der Waals surface area (Å²) in [6, 6.07) is 8.36. The van der Waals surface area contributed by atoms with Crippen LogP contribution in [-0.2, 0) is 0 Å². The molecule has 0 amide bonds. The molecule has 1 aromatic rings. The monoisotopic (exact) mass is 271 g/mol. The van der Waals surface area contributed by atoms with E-state index in [9.17, 15) is 4.39 Å². The summed E-state index contributed by atoms with van der Waals surface area (Å²) in [6.45, 7) is 3.44. The fourth-order valence-electron chi connectivity index (χ4n) is 1.56. The van der Waals surface area contributed by atoms with Gasteiger partial charge in [-0.2, -0.15) is 0 Å². The van der Waals surface area contributed by atoms with Gasteiger partial charge in [0, 0.05) is 19.8 Å². The Balaban J connectivity index is 2.65. The Morgan fingerprint density at radius 2 is 1.60 bits per heavy atom. The number of hydrogen-bond donors (Lipinski definition) is 0. The number of anilines is 1. The van der Waals surface area contributed by atoms with Crippen LogP contribution in [-0.4, -0.2) is 14.1 Å². The maximum atomic E-state index is 12.5. The van der Waals surface area contributed by atoms with Crippen molar-refractivity contribution < 1.29 is 4.39 Å². The molecule has 0 atom stereocenters. The van der Waals surface area contributed by atoms with Crippen molar-refractivity contribution in [2.75, 3.05) is 19.0 Å². The predicted molar refractivity (Wildman–Crippen MR) is 87.6 cm³/mol. The van der Waals surface area contributed by atoms with Crippen molar-refractivity contribution in [1.29, 1.82) is 0 Å². The highest BCUT2D eigenvalue weighted by atomic mass is 19.1. The third-order valence-electron chi connectivity index (χ3n) is 2.74. The van der Waals surface area contributed by atoms with Gasteiger partial charge in [-0.05, 0) is 37.6 Å². The lowest BCUT2D eigenvalue weighted by Gasteiger charge is -2.11. The van der Waals surface area contributed by atoms with Crippen LogP contribution >= 0.6 is 0 Å². The topological polar surface area (TPSA) is 3.24 Å². The van der Waals surface area contributed by atoms with E-state index in [-0.39, 0.29) is 5.83 Å². The van der Waals surface area contributed by atoms with Gasteiger partial charge in [-0.1, -0.05) is 48.1 Å². The first kappa shape index (κ1) is 16.0. The van der Waals surface area contributed by atoms with E-state index in [4.69, 9.17) is 0 Å². The third-order valence-corrected chi connectivity index (χ3v) is 2.74. The Morgan fingerprint density at radius 1 is 1.00 bits per heavy atom. The van der Waals surface area contributed by atoms with Gasteiger partial charge in [-0.25, -0.2) is 4.39 Å². The summed E-state index contributed by atoms with van der Waals surface area (Å²) in [6.07, 6.45) is 11.0. The standard InChI is InChI=1S/C18H22FN/c1-15(7-5-6-8-16(2)19)9-10-17-11-13-18(14-12-17)20(3)4/h5-14H,1-4H3/b6-5+,10-9+,15-7+,16-8-. The summed E-state index contributed by atoms with van der Waals surface area (Å²) in [4.78, 5) is 2.07. The van der Waals surface area contributed by atoms with Crippen LogP contribution in [0.1, 0.15) is 19.4 Å². The van der Waals surface area contributed by atoms with Crippen molar-refractivity contribution in [2.45, 2.75) is 13.8 Å². The molecule has 1 nitrogen and oxygen atoms in total. The third kappa shape index (κ3) is 6.19. The van der Waals surface area contributed by atoms with Crippen molar-refractivity contribution in [1.82, 2.24) is 0 Å². The van der Waals surface area contributed by atoms with E-state index in [1.807, 2.05) is 39.2 Å². The van der Waals surface area contributed by atoms with E-state index in [2.05, 4.69) is 35.2 Å². The number of rotatable bonds is 5. The molecule has 20 heavy (non-hydrogen) atoms. The molecule has 0 aromatic heterocycles. The Kier molecular flexibility index (Phi) is 6.51. The van der Waals surface area contributed by atoms with Crippen LogP contribution < -0.4 is 4.90 Å². The maximum absolute atomic E-state index is 12.5. The molecule has 2 heteroatoms. The van der Waals surface area contributed by atoms with E-state index in [0.717, 1.165) is 11.1 Å². The highest BCUT2D eigenvalue weighted by Crippen LogP contribution is 2.13. The summed E-state index contributed by atoms with van der Waals surface area (Å²) in [5.41, 5.74) is 3.46. The average Bonchev–Trinajstić information content (AvgIpc) is 2.41. The molecule has 0 aliphatic heterocycles. The molecule has 0 aliphatic carbocycles. The van der Waals surface area contributed by atoms with Gasteiger partial charge < -0.3 is 4.90 Å². The van der Waals surface area contributed by atoms with Gasteiger partial charge >= 0.3 is 0 Å². The molecular weight excluding hydrogens is 249 g/mol. The van der Waals surface area contributed by atoms with Gasteiger partial charge in [-0.3, -0.25) is 0 Å². The van der Waals surface area contributed by atoms with Crippen LogP contribution in [0.5, 0.6) is 0 Å². The first-order valence-corrected chi connectivity index (χ1v) is 6.62. The van der Waals surface area contributed by atoms with E-state index >= 15 is 0 Å². The molecule has 106 valence electrons. The van der Waals surface area contributed by atoms with Crippen LogP contribution in [0.4, 0.5) is 10.1 Å². The number of benzene rings is 1. The molecule has 0 fully saturated rings. The highest BCUT2D eigenvalue weighted by Gasteiger charge is 1.93. The number of allylic oxidation sites excluding steroid dienone is 7. The predicted octanol–water partition coefficient (Wildman–Crippen LogP) is 5.14. The van der Waals surface area contributed by atoms with Gasteiger partial charge in [0.05, 0.1) is 5.83 Å². The molecule has 0 radical (unpaired) electrons. The quantitative estimate of drug-likeness (QED) is 0.670. The van der Waals surface area contributed by atoms with Crippen LogP contribution in [0.3, 0.4) is 0 Å². The van der Waals surface area contributed by atoms with Crippen LogP contribution in [0.25, 0.3) is 6.08 Å². The molecule has 0 heterocycles. The minimum absolute atomic E-state index is 0.191. The molecule has 0 N–H and O–H groups in total. The SMILES string of the molecule is C/C(F)=C/C=C/C=C(C)/C=C/c1ccc(N(C)C)cc1. The van der Waals surface area contributed by atoms with Gasteiger partial charge in [-0.15, -0.1) is 0 Å². The fourth-order valence-corrected chi connectivity index (χ4v) is 1.56. The largest absolute Gasteiger partial charge is 0.378 e. The van der Waals surface area contributed by atoms with Gasteiger partial charge in [0.2, 0.25) is 0 Å². The smallest absolute Gasteiger partial charge is 0.0968 e. The summed E-state index contributed by atoms with van der Waals surface area (Å²) in [5.74, 6) is -0.191. The van der Waals surface area contributed by atoms with E-state index in [1.165, 1.54) is 18.7 Å². The second kappa shape index (κ2) is 8.16. The fraction of sp³-hybridized carbons (Fsp3) is 0.222. The molecule has 0 saturated carbocycles. The van der Waals surface area contributed by atoms with Crippen LogP contribution in [0.2, 0.25) is 0 Å². The zero-order valence-electron chi connectivity index (χ0n) is 12.6. The molecule has 0 spiro atoms. The summed E-state index contributed by atoms with van der Waals surface area (Å²) >= 11 is 0. The highest BCUT2D eigenvalue weighted by molar-refractivity contribution is 5.57. The second-order valence-electron chi connectivity index (χ2n) is 4.87. The molecule has 0 bridgehead atoms. The van der Waals surface area contributed by atoms with E-state index in [0.29, 0.717) is 0 Å². The Labute approximate surface area is 121 Å². The summed E-state index contributed by atoms with van der Waals surface area (Å²) < 4.78 is 12.5. The lowest BCUT2D eigenvalue weighted by atomic mass is 10.1. The molecule has 1 rings (SSSR count). The summed E-state index contributed by atoms with van der Waals surface area (Å²) in [7, 11) is 4.05. The zero-order chi connectivity index (χ0) is 15.0. The Morgan fingerprint density at radius 3 is 2.15 bits per heavy atom. The lowest BCUT2D eigenvalue weighted by Crippen LogP contribution is -2.07. The molecule has 0 unspecified atom stereocenters. The van der Waals surface area contributed by atoms with Crippen molar-refractivity contribution in [3.8, 4) is 0 Å². The maximum Gasteiger partial charge on any atom is 0.0968 e. The lowest BCUT2D eigenvalue weighted by molar-refractivity contribution is 0.640. The number of hydrogen-bond acceptors (Lipinski definition) is 1. The van der Waals surface area contributed by atoms with Crippen LogP contribution in [0, 0.1) is 0 Å². The first-order valence-electron chi connectivity index (χ1n) is 6.62. The van der Waals surface area contributed by atoms with Crippen molar-refractivity contribution >= 4 is 11.8 Å². The second-order valence-corrected chi connectivity index (χ2v) is 4.87.